The van der Waals surface area contributed by atoms with Gasteiger partial charge < -0.3 is 0 Å². The molecule has 0 aliphatic heterocycles. The molecule has 0 atom stereocenters. The van der Waals surface area contributed by atoms with Crippen LogP contribution in [0.1, 0.15) is 44.8 Å². The molecule has 0 radical (unpaired) electrons. The van der Waals surface area contributed by atoms with Gasteiger partial charge in [0.2, 0.25) is 12.7 Å². The van der Waals surface area contributed by atoms with Crippen molar-refractivity contribution in [3.05, 3.63) is 113 Å². The van der Waals surface area contributed by atoms with Crippen molar-refractivity contribution in [2.45, 2.75) is 54.6 Å². The second-order valence-electron chi connectivity index (χ2n) is 9.87. The van der Waals surface area contributed by atoms with E-state index >= 15 is 0 Å². The van der Waals surface area contributed by atoms with Crippen LogP contribution in [-0.4, -0.2) is 19.3 Å². The summed E-state index contributed by atoms with van der Waals surface area (Å²) in [6, 6.07) is 11.1. The number of nitrogens with one attached hydrogen (secondary N) is 1. The molecule has 3 aromatic heterocycles. The average Bonchev–Trinajstić information content (AvgIpc) is 3.50. The zero-order valence-electron chi connectivity index (χ0n) is 21.5. The number of nitrogens with zero attached hydrogens (tertiary/aromatic N) is 5. The van der Waals surface area contributed by atoms with E-state index in [0.717, 1.165) is 24.5 Å². The molecule has 6 nitrogen and oxygen atoms in total. The van der Waals surface area contributed by atoms with E-state index in [1.807, 2.05) is 0 Å². The Kier molecular flexibility index (Phi) is 5.89. The highest BCUT2D eigenvalue weighted by atomic mass is 15.2. The van der Waals surface area contributed by atoms with E-state index in [1.165, 1.54) is 44.8 Å². The maximum atomic E-state index is 4.56. The lowest BCUT2D eigenvalue weighted by Gasteiger charge is -2.07. The number of hydrogen-bond acceptors (Lipinski definition) is 1. The summed E-state index contributed by atoms with van der Waals surface area (Å²) in [7, 11) is 0. The Morgan fingerprint density at radius 3 is 1.60 bits per heavy atom. The van der Waals surface area contributed by atoms with Crippen LogP contribution < -0.4 is 9.13 Å². The maximum Gasteiger partial charge on any atom is 0.249 e. The largest absolute Gasteiger partial charge is 0.278 e. The van der Waals surface area contributed by atoms with Crippen LogP contribution in [-0.2, 0) is 13.1 Å². The lowest BCUT2D eigenvalue weighted by Crippen LogP contribution is -2.32. The Bertz CT molecular complexity index is 1360. The first-order valence-electron chi connectivity index (χ1n) is 12.1. The van der Waals surface area contributed by atoms with Gasteiger partial charge in [-0.05, 0) is 69.9 Å². The summed E-state index contributed by atoms with van der Waals surface area (Å²) in [5, 5.41) is 7.78. The molecule has 0 spiro atoms. The van der Waals surface area contributed by atoms with E-state index in [-0.39, 0.29) is 0 Å². The summed E-state index contributed by atoms with van der Waals surface area (Å²) in [6.45, 7) is 14.5. The molecule has 0 bridgehead atoms. The molecule has 0 unspecified atom stereocenters. The molecule has 5 rings (SSSR count). The van der Waals surface area contributed by atoms with Gasteiger partial charge in [0.15, 0.2) is 0 Å². The fourth-order valence-corrected chi connectivity index (χ4v) is 5.35. The Morgan fingerprint density at radius 1 is 0.657 bits per heavy atom. The minimum atomic E-state index is 0.723. The smallest absolute Gasteiger partial charge is 0.249 e. The molecule has 0 amide bonds. The predicted molar refractivity (Wildman–Crippen MR) is 137 cm³/mol. The van der Waals surface area contributed by atoms with Gasteiger partial charge in [-0.1, -0.05) is 35.4 Å². The van der Waals surface area contributed by atoms with Crippen LogP contribution in [0.25, 0.3) is 11.4 Å². The molecule has 0 saturated carbocycles. The van der Waals surface area contributed by atoms with E-state index in [2.05, 4.69) is 138 Å². The first-order chi connectivity index (χ1) is 16.8. The van der Waals surface area contributed by atoms with Gasteiger partial charge in [0.25, 0.3) is 0 Å². The maximum absolute atomic E-state index is 4.56. The number of H-pyrrole nitrogens is 1. The van der Waals surface area contributed by atoms with Crippen LogP contribution in [0, 0.1) is 41.5 Å². The number of imidazole rings is 2. The summed E-state index contributed by atoms with van der Waals surface area (Å²) >= 11 is 0. The van der Waals surface area contributed by atoms with E-state index in [1.54, 1.807) is 0 Å². The monoisotopic (exact) mass is 466 g/mol. The quantitative estimate of drug-likeness (QED) is 0.368. The van der Waals surface area contributed by atoms with Crippen molar-refractivity contribution in [3.8, 4) is 11.4 Å². The van der Waals surface area contributed by atoms with Crippen molar-refractivity contribution in [1.82, 2.24) is 19.3 Å². The standard InChI is InChI=1S/C29H34N6/c1-20-11-22(3)28(23(4)12-20)34-9-7-32(18-34)16-26-15-27(31-30-26)17-33-8-10-35(19-33)29-24(5)13-21(2)14-25(29)6/h7-15,18-19H,16-17H2,1-6H3,(H,30,31)/q+2. The molecule has 178 valence electrons. The van der Waals surface area contributed by atoms with Crippen molar-refractivity contribution in [1.29, 1.82) is 0 Å². The lowest BCUT2D eigenvalue weighted by molar-refractivity contribution is -0.688. The first kappa shape index (κ1) is 22.8. The van der Waals surface area contributed by atoms with Crippen molar-refractivity contribution >= 4 is 0 Å². The van der Waals surface area contributed by atoms with Crippen LogP contribution in [0.4, 0.5) is 0 Å². The second-order valence-corrected chi connectivity index (χ2v) is 9.87. The van der Waals surface area contributed by atoms with Crippen molar-refractivity contribution < 1.29 is 9.13 Å². The van der Waals surface area contributed by atoms with Crippen molar-refractivity contribution in [2.24, 2.45) is 0 Å². The zero-order chi connectivity index (χ0) is 24.7. The van der Waals surface area contributed by atoms with Crippen molar-refractivity contribution in [2.75, 3.05) is 0 Å². The molecule has 1 N–H and O–H groups in total. The molecule has 0 fully saturated rings. The third-order valence-corrected chi connectivity index (χ3v) is 6.55. The van der Waals surface area contributed by atoms with Crippen molar-refractivity contribution in [3.63, 3.8) is 0 Å². The van der Waals surface area contributed by atoms with Gasteiger partial charge in [0, 0.05) is 0 Å². The van der Waals surface area contributed by atoms with Gasteiger partial charge in [-0.25, -0.2) is 18.3 Å². The Labute approximate surface area is 207 Å². The fraction of sp³-hybridized carbons (Fsp3) is 0.276. The third-order valence-electron chi connectivity index (χ3n) is 6.55. The normalized spacial score (nSPS) is 11.4. The molecule has 5 aromatic rings. The SMILES string of the molecule is Cc1cc(C)c(-n2cc[n+](Cc3cc(C[n+]4ccn(-c5c(C)cc(C)cc5C)c4)[nH]n3)c2)c(C)c1. The van der Waals surface area contributed by atoms with Gasteiger partial charge >= 0.3 is 0 Å². The molecule has 0 aliphatic rings. The number of hydrogen-bond donors (Lipinski definition) is 1. The number of aromatic amines is 1. The molecular formula is C29H34N6+2. The highest BCUT2D eigenvalue weighted by molar-refractivity contribution is 5.49. The summed E-state index contributed by atoms with van der Waals surface area (Å²) in [5.41, 5.74) is 12.3. The fourth-order valence-electron chi connectivity index (χ4n) is 5.35. The third kappa shape index (κ3) is 4.69. The molecule has 0 aliphatic carbocycles. The minimum Gasteiger partial charge on any atom is -0.278 e. The number of aryl methyl sites for hydroxylation is 6. The van der Waals surface area contributed by atoms with E-state index in [0.29, 0.717) is 0 Å². The second kappa shape index (κ2) is 9.02. The van der Waals surface area contributed by atoms with Gasteiger partial charge in [-0.2, -0.15) is 5.10 Å². The average molecular weight is 467 g/mol. The summed E-state index contributed by atoms with van der Waals surface area (Å²) in [6.07, 6.45) is 12.7. The van der Waals surface area contributed by atoms with Crippen LogP contribution in [0.2, 0.25) is 0 Å². The molecule has 3 heterocycles. The Hall–Kier alpha value is -3.93. The highest BCUT2D eigenvalue weighted by Crippen LogP contribution is 2.21. The molecule has 0 saturated heterocycles. The van der Waals surface area contributed by atoms with E-state index < -0.39 is 0 Å². The topological polar surface area (TPSA) is 46.3 Å². The van der Waals surface area contributed by atoms with E-state index in [4.69, 9.17) is 0 Å². The van der Waals surface area contributed by atoms with Gasteiger partial charge in [-0.15, -0.1) is 0 Å². The highest BCUT2D eigenvalue weighted by Gasteiger charge is 2.16. The van der Waals surface area contributed by atoms with Crippen LogP contribution in [0.15, 0.2) is 67.8 Å². The predicted octanol–water partition coefficient (Wildman–Crippen LogP) is 4.51. The van der Waals surface area contributed by atoms with E-state index in [9.17, 15) is 0 Å². The molecule has 6 heteroatoms. The van der Waals surface area contributed by atoms with Gasteiger partial charge in [0.1, 0.15) is 54.9 Å². The molecule has 35 heavy (non-hydrogen) atoms. The van der Waals surface area contributed by atoms with Crippen LogP contribution in [0.5, 0.6) is 0 Å². The van der Waals surface area contributed by atoms with Gasteiger partial charge in [-0.3, -0.25) is 5.10 Å². The minimum absolute atomic E-state index is 0.723. The Balaban J connectivity index is 1.29. The summed E-state index contributed by atoms with van der Waals surface area (Å²) < 4.78 is 8.76. The lowest BCUT2D eigenvalue weighted by atomic mass is 10.1. The summed E-state index contributed by atoms with van der Waals surface area (Å²) in [5.74, 6) is 0. The first-order valence-corrected chi connectivity index (χ1v) is 12.1. The number of benzene rings is 2. The molecule has 2 aromatic carbocycles. The Morgan fingerprint density at radius 2 is 1.11 bits per heavy atom. The number of rotatable bonds is 6. The number of aromatic nitrogens is 6. The van der Waals surface area contributed by atoms with Crippen LogP contribution >= 0.6 is 0 Å². The van der Waals surface area contributed by atoms with Crippen LogP contribution in [0.3, 0.4) is 0 Å². The van der Waals surface area contributed by atoms with Gasteiger partial charge in [0.05, 0.1) is 5.69 Å². The zero-order valence-corrected chi connectivity index (χ0v) is 21.5. The summed E-state index contributed by atoms with van der Waals surface area (Å²) in [4.78, 5) is 0. The molecular weight excluding hydrogens is 432 g/mol.